The molecular formula is C20H23F3N4O3S. The van der Waals surface area contributed by atoms with Crippen molar-refractivity contribution in [1.82, 2.24) is 14.9 Å². The highest BCUT2D eigenvalue weighted by atomic mass is 32.2. The fourth-order valence-electron chi connectivity index (χ4n) is 3.12. The molecule has 2 amide bonds. The lowest BCUT2D eigenvalue weighted by molar-refractivity contribution is -0.122. The Kier molecular flexibility index (Phi) is 7.60. The molecular weight excluding hydrogens is 433 g/mol. The van der Waals surface area contributed by atoms with Gasteiger partial charge in [0.05, 0.1) is 36.3 Å². The van der Waals surface area contributed by atoms with E-state index in [9.17, 15) is 22.8 Å². The van der Waals surface area contributed by atoms with Crippen LogP contribution in [0.4, 0.5) is 18.9 Å². The van der Waals surface area contributed by atoms with Gasteiger partial charge in [0, 0.05) is 12.3 Å². The lowest BCUT2D eigenvalue weighted by atomic mass is 10.2. The predicted molar refractivity (Wildman–Crippen MR) is 109 cm³/mol. The van der Waals surface area contributed by atoms with Crippen LogP contribution in [0.1, 0.15) is 24.2 Å². The van der Waals surface area contributed by atoms with Gasteiger partial charge in [0.25, 0.3) is 0 Å². The second-order valence-electron chi connectivity index (χ2n) is 7.15. The molecule has 1 atom stereocenters. The normalized spacial score (nSPS) is 15.8. The van der Waals surface area contributed by atoms with Gasteiger partial charge in [-0.1, -0.05) is 11.8 Å². The number of anilines is 1. The Morgan fingerprint density at radius 2 is 2.00 bits per heavy atom. The van der Waals surface area contributed by atoms with Gasteiger partial charge >= 0.3 is 0 Å². The quantitative estimate of drug-likeness (QED) is 0.471. The molecule has 0 bridgehead atoms. The van der Waals surface area contributed by atoms with Crippen LogP contribution in [-0.4, -0.2) is 46.4 Å². The minimum Gasteiger partial charge on any atom is -0.376 e. The number of hydrogen-bond acceptors (Lipinski definition) is 5. The second-order valence-corrected chi connectivity index (χ2v) is 8.09. The lowest BCUT2D eigenvalue weighted by Crippen LogP contribution is -2.34. The van der Waals surface area contributed by atoms with E-state index in [1.54, 1.807) is 0 Å². The first-order valence-electron chi connectivity index (χ1n) is 9.74. The summed E-state index contributed by atoms with van der Waals surface area (Å²) in [6.07, 6.45) is 2.13. The van der Waals surface area contributed by atoms with Crippen LogP contribution in [0.5, 0.6) is 0 Å². The number of aryl methyl sites for hydroxylation is 1. The molecule has 0 radical (unpaired) electrons. The van der Waals surface area contributed by atoms with Gasteiger partial charge in [0.2, 0.25) is 11.8 Å². The number of rotatable bonds is 8. The molecule has 11 heteroatoms. The number of nitrogens with one attached hydrogen (secondary N) is 2. The Labute approximate surface area is 181 Å². The highest BCUT2D eigenvalue weighted by Gasteiger charge is 2.21. The Hall–Kier alpha value is -2.53. The number of benzene rings is 1. The number of hydrogen-bond donors (Lipinski definition) is 2. The van der Waals surface area contributed by atoms with Crippen LogP contribution in [0, 0.1) is 31.3 Å². The van der Waals surface area contributed by atoms with Crippen molar-refractivity contribution in [2.45, 2.75) is 44.5 Å². The molecule has 0 saturated carbocycles. The summed E-state index contributed by atoms with van der Waals surface area (Å²) in [5.74, 6) is -5.71. The van der Waals surface area contributed by atoms with E-state index < -0.39 is 41.5 Å². The zero-order valence-electron chi connectivity index (χ0n) is 17.1. The minimum absolute atomic E-state index is 0.0221. The lowest BCUT2D eigenvalue weighted by Gasteiger charge is -2.14. The number of ether oxygens (including phenoxy) is 1. The molecule has 2 N–H and O–H groups in total. The van der Waals surface area contributed by atoms with Crippen molar-refractivity contribution in [3.05, 3.63) is 41.0 Å². The van der Waals surface area contributed by atoms with Gasteiger partial charge in [0.15, 0.2) is 22.6 Å². The summed E-state index contributed by atoms with van der Waals surface area (Å²) in [6, 6.07) is 1.60. The van der Waals surface area contributed by atoms with Crippen LogP contribution in [0.3, 0.4) is 0 Å². The summed E-state index contributed by atoms with van der Waals surface area (Å²) >= 11 is 1.24. The van der Waals surface area contributed by atoms with Crippen molar-refractivity contribution >= 4 is 29.3 Å². The first-order chi connectivity index (χ1) is 14.8. The highest BCUT2D eigenvalue weighted by Crippen LogP contribution is 2.24. The predicted octanol–water partition coefficient (Wildman–Crippen LogP) is 2.94. The third-order valence-electron chi connectivity index (χ3n) is 4.92. The number of imidazole rings is 1. The Bertz CT molecular complexity index is 977. The zero-order chi connectivity index (χ0) is 22.5. The molecule has 168 valence electrons. The van der Waals surface area contributed by atoms with Crippen LogP contribution in [-0.2, 0) is 20.9 Å². The van der Waals surface area contributed by atoms with E-state index >= 15 is 0 Å². The number of aromatic nitrogens is 2. The second kappa shape index (κ2) is 10.2. The molecule has 7 nitrogen and oxygen atoms in total. The molecule has 1 fully saturated rings. The fourth-order valence-corrected chi connectivity index (χ4v) is 4.05. The smallest absolute Gasteiger partial charge is 0.243 e. The van der Waals surface area contributed by atoms with Crippen molar-refractivity contribution in [3.8, 4) is 0 Å². The molecule has 2 heterocycles. The molecule has 1 saturated heterocycles. The van der Waals surface area contributed by atoms with Gasteiger partial charge in [-0.25, -0.2) is 18.2 Å². The molecule has 1 aliphatic heterocycles. The van der Waals surface area contributed by atoms with E-state index in [-0.39, 0.29) is 11.9 Å². The number of nitrogens with zero attached hydrogens (tertiary/aromatic N) is 2. The number of thioether (sulfide) groups is 1. The Morgan fingerprint density at radius 3 is 2.71 bits per heavy atom. The van der Waals surface area contributed by atoms with Crippen molar-refractivity contribution in [3.63, 3.8) is 0 Å². The summed E-state index contributed by atoms with van der Waals surface area (Å²) in [5.41, 5.74) is 1.37. The van der Waals surface area contributed by atoms with E-state index in [0.717, 1.165) is 36.9 Å². The van der Waals surface area contributed by atoms with Gasteiger partial charge in [-0.05, 0) is 38.8 Å². The maximum Gasteiger partial charge on any atom is 0.243 e. The van der Waals surface area contributed by atoms with Crippen molar-refractivity contribution in [2.75, 3.05) is 24.2 Å². The first kappa shape index (κ1) is 23.1. The molecule has 1 aliphatic rings. The van der Waals surface area contributed by atoms with E-state index in [1.807, 2.05) is 18.4 Å². The van der Waals surface area contributed by atoms with Crippen molar-refractivity contribution in [2.24, 2.45) is 0 Å². The van der Waals surface area contributed by atoms with E-state index in [0.29, 0.717) is 17.8 Å². The van der Waals surface area contributed by atoms with Crippen molar-refractivity contribution in [1.29, 1.82) is 0 Å². The number of carbonyl (C=O) groups excluding carboxylic acids is 2. The molecule has 31 heavy (non-hydrogen) atoms. The molecule has 1 unspecified atom stereocenters. The summed E-state index contributed by atoms with van der Waals surface area (Å²) in [6.45, 7) is 4.83. The summed E-state index contributed by atoms with van der Waals surface area (Å²) < 4.78 is 47.5. The number of carbonyl (C=O) groups is 2. The largest absolute Gasteiger partial charge is 0.376 e. The van der Waals surface area contributed by atoms with Crippen LogP contribution in [0.25, 0.3) is 0 Å². The Morgan fingerprint density at radius 1 is 1.23 bits per heavy atom. The molecule has 0 aliphatic carbocycles. The SMILES string of the molecule is Cc1nc(SCC(=O)NCC(=O)Nc2ccc(F)c(F)c2F)n(CC2CCCO2)c1C. The minimum atomic E-state index is -1.68. The average Bonchev–Trinajstić information content (AvgIpc) is 3.35. The van der Waals surface area contributed by atoms with Gasteiger partial charge in [-0.15, -0.1) is 0 Å². The fraction of sp³-hybridized carbons (Fsp3) is 0.450. The first-order valence-corrected chi connectivity index (χ1v) is 10.7. The van der Waals surface area contributed by atoms with E-state index in [4.69, 9.17) is 4.74 Å². The van der Waals surface area contributed by atoms with Crippen LogP contribution in [0.15, 0.2) is 17.3 Å². The van der Waals surface area contributed by atoms with E-state index in [2.05, 4.69) is 15.6 Å². The summed E-state index contributed by atoms with van der Waals surface area (Å²) in [5, 5.41) is 5.19. The summed E-state index contributed by atoms with van der Waals surface area (Å²) in [4.78, 5) is 28.5. The van der Waals surface area contributed by atoms with Crippen molar-refractivity contribution < 1.29 is 27.5 Å². The maximum absolute atomic E-state index is 13.6. The van der Waals surface area contributed by atoms with Gasteiger partial charge < -0.3 is 19.9 Å². The standard InChI is InChI=1S/C20H23F3N4O3S/c1-11-12(2)27(9-13-4-3-7-30-13)20(25-11)31-10-17(29)24-8-16(28)26-15-6-5-14(21)18(22)19(15)23/h5-6,13H,3-4,7-10H2,1-2H3,(H,24,29)(H,26,28). The number of amides is 2. The Balaban J connectivity index is 1.50. The monoisotopic (exact) mass is 456 g/mol. The zero-order valence-corrected chi connectivity index (χ0v) is 18.0. The third kappa shape index (κ3) is 5.79. The third-order valence-corrected chi connectivity index (χ3v) is 5.90. The average molecular weight is 456 g/mol. The maximum atomic E-state index is 13.6. The molecule has 2 aromatic rings. The van der Waals surface area contributed by atoms with E-state index in [1.165, 1.54) is 11.8 Å². The molecule has 3 rings (SSSR count). The van der Waals surface area contributed by atoms with Gasteiger partial charge in [0.1, 0.15) is 0 Å². The van der Waals surface area contributed by atoms with Gasteiger partial charge in [-0.3, -0.25) is 9.59 Å². The summed E-state index contributed by atoms with van der Waals surface area (Å²) in [7, 11) is 0. The molecule has 0 spiro atoms. The van der Waals surface area contributed by atoms with Gasteiger partial charge in [-0.2, -0.15) is 0 Å². The molecule has 1 aromatic heterocycles. The molecule has 1 aromatic carbocycles. The number of halogens is 3. The topological polar surface area (TPSA) is 85.3 Å². The highest BCUT2D eigenvalue weighted by molar-refractivity contribution is 7.99. The van der Waals surface area contributed by atoms with Crippen LogP contribution < -0.4 is 10.6 Å². The van der Waals surface area contributed by atoms with Crippen LogP contribution >= 0.6 is 11.8 Å². The van der Waals surface area contributed by atoms with Crippen LogP contribution in [0.2, 0.25) is 0 Å².